The van der Waals surface area contributed by atoms with Crippen LogP contribution in [0.4, 0.5) is 0 Å². The van der Waals surface area contributed by atoms with Gasteiger partial charge in [-0.15, -0.1) is 0 Å². The van der Waals surface area contributed by atoms with E-state index in [2.05, 4.69) is 26.1 Å². The van der Waals surface area contributed by atoms with E-state index in [1.165, 1.54) is 4.90 Å². The average Bonchev–Trinajstić information content (AvgIpc) is 3.71. The minimum absolute atomic E-state index is 0.0543. The number of esters is 1. The normalized spacial score (nSPS) is 30.2. The molecular weight excluding hydrogens is 634 g/mol. The number of carbonyl (C=O) groups excluding carboxylic acids is 4. The van der Waals surface area contributed by atoms with Crippen LogP contribution in [0.15, 0.2) is 85.0 Å². The summed E-state index contributed by atoms with van der Waals surface area (Å²) in [6.07, 6.45) is 7.04. The predicted molar refractivity (Wildman–Crippen MR) is 187 cm³/mol. The maximum Gasteiger partial charge on any atom is 0.313 e. The van der Waals surface area contributed by atoms with E-state index in [-0.39, 0.29) is 36.7 Å². The molecule has 6 rings (SSSR count). The number of ether oxygens (including phenoxy) is 2. The van der Waals surface area contributed by atoms with Gasteiger partial charge >= 0.3 is 5.97 Å². The summed E-state index contributed by atoms with van der Waals surface area (Å²) in [5.41, 5.74) is -0.921. The Balaban J connectivity index is 1.49. The van der Waals surface area contributed by atoms with E-state index in [1.54, 1.807) is 17.1 Å². The van der Waals surface area contributed by atoms with Crippen molar-refractivity contribution in [3.05, 3.63) is 96.1 Å². The zero-order chi connectivity index (χ0) is 35.8. The van der Waals surface area contributed by atoms with Crippen molar-refractivity contribution in [1.29, 1.82) is 0 Å². The van der Waals surface area contributed by atoms with Crippen molar-refractivity contribution < 1.29 is 33.8 Å². The van der Waals surface area contributed by atoms with E-state index in [0.29, 0.717) is 24.0 Å². The molecule has 2 N–H and O–H groups in total. The second-order valence-corrected chi connectivity index (χ2v) is 15.7. The summed E-state index contributed by atoms with van der Waals surface area (Å²) in [6.45, 7) is 10.2. The molecule has 0 saturated carbocycles. The zero-order valence-corrected chi connectivity index (χ0v) is 29.6. The third kappa shape index (κ3) is 6.63. The van der Waals surface area contributed by atoms with Gasteiger partial charge in [-0.05, 0) is 43.2 Å². The van der Waals surface area contributed by atoms with Gasteiger partial charge in [-0.25, -0.2) is 0 Å². The molecule has 1 spiro atoms. The Kier molecular flexibility index (Phi) is 9.81. The maximum absolute atomic E-state index is 15.4. The van der Waals surface area contributed by atoms with Crippen molar-refractivity contribution in [2.24, 2.45) is 17.3 Å². The fourth-order valence-electron chi connectivity index (χ4n) is 8.62. The molecule has 4 heterocycles. The number of nitrogens with zero attached hydrogens (tertiary/aromatic N) is 2. The maximum atomic E-state index is 15.4. The Labute approximate surface area is 294 Å². The van der Waals surface area contributed by atoms with Crippen molar-refractivity contribution in [2.75, 3.05) is 19.7 Å². The highest BCUT2D eigenvalue weighted by Crippen LogP contribution is 2.57. The molecule has 2 aromatic carbocycles. The molecule has 0 radical (unpaired) electrons. The number of amides is 3. The van der Waals surface area contributed by atoms with E-state index in [9.17, 15) is 19.5 Å². The molecular formula is C40H49N3O7. The highest BCUT2D eigenvalue weighted by Gasteiger charge is 2.74. The van der Waals surface area contributed by atoms with E-state index in [1.807, 2.05) is 86.7 Å². The number of aliphatic hydroxyl groups excluding tert-OH is 1. The van der Waals surface area contributed by atoms with Crippen molar-refractivity contribution in [1.82, 2.24) is 15.1 Å². The Morgan fingerprint density at radius 3 is 2.28 bits per heavy atom. The molecule has 10 nitrogen and oxygen atoms in total. The number of rotatable bonds is 6. The third-order valence-corrected chi connectivity index (χ3v) is 10.4. The van der Waals surface area contributed by atoms with Gasteiger partial charge in [-0.2, -0.15) is 0 Å². The molecule has 4 aliphatic heterocycles. The molecule has 0 unspecified atom stereocenters. The number of carbonyl (C=O) groups is 4. The summed E-state index contributed by atoms with van der Waals surface area (Å²) in [6, 6.07) is 16.3. The molecule has 2 aromatic rings. The molecule has 0 aromatic heterocycles. The summed E-state index contributed by atoms with van der Waals surface area (Å²) >= 11 is 0. The van der Waals surface area contributed by atoms with Crippen LogP contribution in [0.2, 0.25) is 0 Å². The largest absolute Gasteiger partial charge is 0.455 e. The van der Waals surface area contributed by atoms with Gasteiger partial charge in [0.2, 0.25) is 17.7 Å². The lowest BCUT2D eigenvalue weighted by Crippen LogP contribution is -2.61. The molecule has 2 fully saturated rings. The van der Waals surface area contributed by atoms with Crippen LogP contribution in [0.1, 0.15) is 77.2 Å². The van der Waals surface area contributed by atoms with E-state index >= 15 is 4.79 Å². The van der Waals surface area contributed by atoms with E-state index < -0.39 is 65.8 Å². The number of allylic oxidation sites excluding steroid dienone is 1. The molecule has 0 aliphatic carbocycles. The average molecular weight is 684 g/mol. The number of likely N-dealkylation sites (tertiary alicyclic amines) is 1. The highest BCUT2D eigenvalue weighted by atomic mass is 16.6. The van der Waals surface area contributed by atoms with Crippen molar-refractivity contribution >= 4 is 23.7 Å². The quantitative estimate of drug-likeness (QED) is 0.335. The van der Waals surface area contributed by atoms with Crippen LogP contribution in [-0.4, -0.2) is 81.6 Å². The number of benzene rings is 2. The van der Waals surface area contributed by atoms with Crippen LogP contribution in [0.5, 0.6) is 0 Å². The second-order valence-electron chi connectivity index (χ2n) is 15.7. The lowest BCUT2D eigenvalue weighted by Gasteiger charge is -2.46. The van der Waals surface area contributed by atoms with Crippen molar-refractivity contribution in [3.63, 3.8) is 0 Å². The highest BCUT2D eigenvalue weighted by molar-refractivity contribution is 5.99. The number of hydrogen-bond acceptors (Lipinski definition) is 7. The molecule has 266 valence electrons. The number of nitrogens with one attached hydrogen (secondary N) is 1. The SMILES string of the molecule is CC(C)(C)CC(C)(C)N1C/C=C\CCC(=O)NC[C@@H](c2ccccc2)OC(=O)[C@@H]2[C@@H]3C=C[C@]4(O3)[C@H](C1=O)N([C@H](CO)c1ccccc1)C(=O)[C@@H]24. The second kappa shape index (κ2) is 13.8. The van der Waals surface area contributed by atoms with E-state index in [4.69, 9.17) is 9.47 Å². The number of aliphatic hydroxyl groups is 1. The number of cyclic esters (lactones) is 1. The molecule has 2 saturated heterocycles. The monoisotopic (exact) mass is 683 g/mol. The first-order valence-electron chi connectivity index (χ1n) is 17.6. The summed E-state index contributed by atoms with van der Waals surface area (Å²) in [7, 11) is 0. The molecule has 50 heavy (non-hydrogen) atoms. The molecule has 10 heteroatoms. The van der Waals surface area contributed by atoms with Gasteiger partial charge in [-0.3, -0.25) is 19.2 Å². The first-order valence-corrected chi connectivity index (χ1v) is 17.6. The van der Waals surface area contributed by atoms with Gasteiger partial charge < -0.3 is 29.7 Å². The van der Waals surface area contributed by atoms with Crippen LogP contribution in [0.3, 0.4) is 0 Å². The van der Waals surface area contributed by atoms with Gasteiger partial charge in [0.05, 0.1) is 31.2 Å². The van der Waals surface area contributed by atoms with Crippen LogP contribution in [0, 0.1) is 17.3 Å². The summed E-state index contributed by atoms with van der Waals surface area (Å²) < 4.78 is 12.8. The third-order valence-electron chi connectivity index (χ3n) is 10.4. The smallest absolute Gasteiger partial charge is 0.313 e. The topological polar surface area (TPSA) is 125 Å². The predicted octanol–water partition coefficient (Wildman–Crippen LogP) is 4.66. The van der Waals surface area contributed by atoms with Gasteiger partial charge in [0.1, 0.15) is 23.7 Å². The Hall–Kier alpha value is -4.28. The van der Waals surface area contributed by atoms with Gasteiger partial charge in [0.15, 0.2) is 0 Å². The van der Waals surface area contributed by atoms with E-state index in [0.717, 1.165) is 0 Å². The first kappa shape index (κ1) is 35.5. The molecule has 5 bridgehead atoms. The van der Waals surface area contributed by atoms with Crippen molar-refractivity contribution in [2.45, 2.75) is 89.3 Å². The van der Waals surface area contributed by atoms with Crippen molar-refractivity contribution in [3.8, 4) is 0 Å². The van der Waals surface area contributed by atoms with Crippen LogP contribution >= 0.6 is 0 Å². The minimum atomic E-state index is -1.46. The lowest BCUT2D eigenvalue weighted by atomic mass is 9.74. The Morgan fingerprint density at radius 1 is 0.940 bits per heavy atom. The zero-order valence-electron chi connectivity index (χ0n) is 29.6. The number of hydrogen-bond donors (Lipinski definition) is 2. The fourth-order valence-corrected chi connectivity index (χ4v) is 8.62. The fraction of sp³-hybridized carbons (Fsp3) is 0.500. The van der Waals surface area contributed by atoms with Crippen LogP contribution < -0.4 is 5.32 Å². The number of fused-ring (bicyclic) bond motifs is 2. The standard InChI is InChI=1S/C40H49N3O7/c1-38(2,3)25-39(4,5)42-22-14-8-13-19-31(45)41-23-30(27-17-11-7-12-18-27)49-37(48)32-29-20-21-40(50-29)33(32)35(46)43(34(40)36(42)47)28(24-44)26-15-9-6-10-16-26/h6-12,14-18,20-21,28-30,32-34,44H,13,19,22-25H2,1-5H3,(H,41,45)/b14-8-/t28-,29+,30+,32-,33-,34+,40-/m1/s1. The van der Waals surface area contributed by atoms with Gasteiger partial charge in [0.25, 0.3) is 0 Å². The Bertz CT molecular complexity index is 1650. The summed E-state index contributed by atoms with van der Waals surface area (Å²) in [4.78, 5) is 60.7. The van der Waals surface area contributed by atoms with Gasteiger partial charge in [-0.1, -0.05) is 106 Å². The molecule has 3 amide bonds. The van der Waals surface area contributed by atoms with Gasteiger partial charge in [0, 0.05) is 18.5 Å². The minimum Gasteiger partial charge on any atom is -0.455 e. The van der Waals surface area contributed by atoms with Crippen LogP contribution in [0.25, 0.3) is 0 Å². The molecule has 4 aliphatic rings. The first-order chi connectivity index (χ1) is 23.8. The van der Waals surface area contributed by atoms with Crippen LogP contribution in [-0.2, 0) is 28.7 Å². The Morgan fingerprint density at radius 2 is 1.62 bits per heavy atom. The summed E-state index contributed by atoms with van der Waals surface area (Å²) in [5, 5.41) is 13.8. The summed E-state index contributed by atoms with van der Waals surface area (Å²) in [5.74, 6) is -3.74. The lowest BCUT2D eigenvalue weighted by molar-refractivity contribution is -0.161. The molecule has 7 atom stereocenters.